The van der Waals surface area contributed by atoms with Crippen molar-refractivity contribution in [3.8, 4) is 0 Å². The van der Waals surface area contributed by atoms with Gasteiger partial charge in [0.25, 0.3) is 0 Å². The van der Waals surface area contributed by atoms with Crippen molar-refractivity contribution in [2.45, 2.75) is 38.8 Å². The zero-order chi connectivity index (χ0) is 11.5. The molecule has 0 amide bonds. The summed E-state index contributed by atoms with van der Waals surface area (Å²) in [5, 5.41) is 3.34. The van der Waals surface area contributed by atoms with Crippen molar-refractivity contribution >= 4 is 11.6 Å². The maximum Gasteiger partial charge on any atom is 0.132 e. The minimum absolute atomic E-state index is 0.405. The van der Waals surface area contributed by atoms with E-state index < -0.39 is 0 Å². The van der Waals surface area contributed by atoms with Crippen molar-refractivity contribution in [2.75, 3.05) is 17.7 Å². The molecule has 16 heavy (non-hydrogen) atoms. The third kappa shape index (κ3) is 2.61. The molecular weight excluding hydrogens is 204 g/mol. The Kier molecular flexibility index (Phi) is 3.24. The zero-order valence-electron chi connectivity index (χ0n) is 9.73. The average Bonchev–Trinajstić information content (AvgIpc) is 2.13. The van der Waals surface area contributed by atoms with E-state index in [0.717, 1.165) is 25.3 Å². The Labute approximate surface area is 95.4 Å². The normalized spacial score (nSPS) is 23.9. The Morgan fingerprint density at radius 3 is 2.88 bits per heavy atom. The number of ether oxygens (including phenoxy) is 1. The molecule has 0 aromatic carbocycles. The minimum Gasteiger partial charge on any atom is -0.384 e. The summed E-state index contributed by atoms with van der Waals surface area (Å²) < 4.78 is 5.50. The molecular formula is C11H18N4O. The van der Waals surface area contributed by atoms with Gasteiger partial charge in [-0.25, -0.2) is 9.97 Å². The van der Waals surface area contributed by atoms with E-state index in [4.69, 9.17) is 10.5 Å². The van der Waals surface area contributed by atoms with Gasteiger partial charge in [0.1, 0.15) is 17.5 Å². The van der Waals surface area contributed by atoms with Crippen molar-refractivity contribution in [2.24, 2.45) is 0 Å². The van der Waals surface area contributed by atoms with E-state index in [2.05, 4.69) is 15.3 Å². The summed E-state index contributed by atoms with van der Waals surface area (Å²) in [7, 11) is 0. The molecule has 0 bridgehead atoms. The highest BCUT2D eigenvalue weighted by Gasteiger charge is 2.29. The second-order valence-electron chi connectivity index (χ2n) is 4.12. The maximum atomic E-state index is 5.65. The van der Waals surface area contributed by atoms with Gasteiger partial charge in [-0.15, -0.1) is 0 Å². The van der Waals surface area contributed by atoms with Crippen LogP contribution in [0.3, 0.4) is 0 Å². The Morgan fingerprint density at radius 2 is 2.25 bits per heavy atom. The third-order valence-electron chi connectivity index (χ3n) is 2.71. The fourth-order valence-electron chi connectivity index (χ4n) is 1.93. The van der Waals surface area contributed by atoms with Crippen LogP contribution in [0, 0.1) is 6.92 Å². The number of nitrogens with zero attached hydrogens (tertiary/aromatic N) is 2. The third-order valence-corrected chi connectivity index (χ3v) is 2.71. The summed E-state index contributed by atoms with van der Waals surface area (Å²) in [6.07, 6.45) is 2.48. The molecule has 0 saturated heterocycles. The number of nitrogens with two attached hydrogens (primary N) is 1. The fourth-order valence-corrected chi connectivity index (χ4v) is 1.93. The summed E-state index contributed by atoms with van der Waals surface area (Å²) in [4.78, 5) is 8.32. The van der Waals surface area contributed by atoms with Gasteiger partial charge in [-0.3, -0.25) is 0 Å². The lowest BCUT2D eigenvalue weighted by Crippen LogP contribution is -2.41. The van der Waals surface area contributed by atoms with Crippen molar-refractivity contribution in [1.29, 1.82) is 0 Å². The van der Waals surface area contributed by atoms with E-state index >= 15 is 0 Å². The lowest BCUT2D eigenvalue weighted by Gasteiger charge is -2.35. The van der Waals surface area contributed by atoms with Gasteiger partial charge in [0, 0.05) is 18.7 Å². The number of aryl methyl sites for hydroxylation is 1. The molecule has 0 atom stereocenters. The van der Waals surface area contributed by atoms with Crippen molar-refractivity contribution in [3.63, 3.8) is 0 Å². The van der Waals surface area contributed by atoms with Crippen LogP contribution in [0.1, 0.15) is 25.6 Å². The van der Waals surface area contributed by atoms with Crippen LogP contribution in [0.4, 0.5) is 11.6 Å². The maximum absolute atomic E-state index is 5.65. The summed E-state index contributed by atoms with van der Waals surface area (Å²) in [5.41, 5.74) is 5.65. The van der Waals surface area contributed by atoms with Gasteiger partial charge < -0.3 is 15.8 Å². The molecule has 1 fully saturated rings. The molecule has 1 aliphatic carbocycles. The number of rotatable bonds is 4. The Bertz CT molecular complexity index is 343. The van der Waals surface area contributed by atoms with E-state index in [1.165, 1.54) is 0 Å². The molecule has 1 saturated carbocycles. The quantitative estimate of drug-likeness (QED) is 0.804. The Morgan fingerprint density at radius 1 is 1.50 bits per heavy atom. The van der Waals surface area contributed by atoms with Gasteiger partial charge >= 0.3 is 0 Å². The summed E-state index contributed by atoms with van der Waals surface area (Å²) in [6, 6.07) is 2.21. The Hall–Kier alpha value is -1.36. The summed E-state index contributed by atoms with van der Waals surface area (Å²) in [6.45, 7) is 4.65. The highest BCUT2D eigenvalue weighted by molar-refractivity contribution is 5.45. The van der Waals surface area contributed by atoms with Gasteiger partial charge in [0.2, 0.25) is 0 Å². The molecule has 3 N–H and O–H groups in total. The van der Waals surface area contributed by atoms with Crippen LogP contribution in [0.15, 0.2) is 6.07 Å². The number of nitrogen functional groups attached to an aromatic ring is 1. The van der Waals surface area contributed by atoms with Crippen molar-refractivity contribution < 1.29 is 4.74 Å². The second kappa shape index (κ2) is 4.65. The first kappa shape index (κ1) is 11.1. The second-order valence-corrected chi connectivity index (χ2v) is 4.12. The van der Waals surface area contributed by atoms with Crippen LogP contribution in [0.25, 0.3) is 0 Å². The van der Waals surface area contributed by atoms with E-state index in [1.807, 2.05) is 13.8 Å². The first-order valence-corrected chi connectivity index (χ1v) is 5.66. The van der Waals surface area contributed by atoms with E-state index in [9.17, 15) is 0 Å². The van der Waals surface area contributed by atoms with Crippen LogP contribution in [0.2, 0.25) is 0 Å². The zero-order valence-corrected chi connectivity index (χ0v) is 9.73. The molecule has 0 spiro atoms. The molecule has 2 rings (SSSR count). The predicted molar refractivity (Wildman–Crippen MR) is 63.2 cm³/mol. The number of hydrogen-bond acceptors (Lipinski definition) is 5. The molecule has 5 nitrogen and oxygen atoms in total. The fraction of sp³-hybridized carbons (Fsp3) is 0.636. The molecule has 0 unspecified atom stereocenters. The van der Waals surface area contributed by atoms with E-state index in [-0.39, 0.29) is 0 Å². The van der Waals surface area contributed by atoms with Crippen molar-refractivity contribution in [3.05, 3.63) is 11.9 Å². The number of anilines is 2. The van der Waals surface area contributed by atoms with Crippen LogP contribution in [-0.4, -0.2) is 28.7 Å². The first-order chi connectivity index (χ1) is 7.67. The van der Waals surface area contributed by atoms with Gasteiger partial charge in [0.05, 0.1) is 6.10 Å². The van der Waals surface area contributed by atoms with Crippen LogP contribution >= 0.6 is 0 Å². The average molecular weight is 222 g/mol. The molecule has 0 radical (unpaired) electrons. The van der Waals surface area contributed by atoms with E-state index in [0.29, 0.717) is 23.8 Å². The van der Waals surface area contributed by atoms with Crippen LogP contribution < -0.4 is 11.1 Å². The number of hydrogen-bond donors (Lipinski definition) is 2. The SMILES string of the molecule is CCOC1CC(Nc2cc(N)nc(C)n2)C1. The van der Waals surface area contributed by atoms with Gasteiger partial charge in [-0.05, 0) is 26.7 Å². The first-order valence-electron chi connectivity index (χ1n) is 5.66. The minimum atomic E-state index is 0.405. The van der Waals surface area contributed by atoms with Gasteiger partial charge in [0.15, 0.2) is 0 Å². The lowest BCUT2D eigenvalue weighted by atomic mass is 9.89. The Balaban J connectivity index is 1.86. The molecule has 1 aliphatic rings. The van der Waals surface area contributed by atoms with Crippen molar-refractivity contribution in [1.82, 2.24) is 9.97 Å². The highest BCUT2D eigenvalue weighted by Crippen LogP contribution is 2.26. The topological polar surface area (TPSA) is 73.1 Å². The molecule has 5 heteroatoms. The van der Waals surface area contributed by atoms with Gasteiger partial charge in [-0.2, -0.15) is 0 Å². The predicted octanol–water partition coefficient (Wildman–Crippen LogP) is 1.35. The smallest absolute Gasteiger partial charge is 0.132 e. The van der Waals surface area contributed by atoms with Gasteiger partial charge in [-0.1, -0.05) is 0 Å². The highest BCUT2D eigenvalue weighted by atomic mass is 16.5. The molecule has 88 valence electrons. The lowest BCUT2D eigenvalue weighted by molar-refractivity contribution is 0.00292. The van der Waals surface area contributed by atoms with Crippen LogP contribution in [0.5, 0.6) is 0 Å². The standard InChI is InChI=1S/C11H18N4O/c1-3-16-9-4-8(5-9)15-11-6-10(12)13-7(2)14-11/h6,8-9H,3-5H2,1-2H3,(H3,12,13,14,15). The van der Waals surface area contributed by atoms with Crippen LogP contribution in [-0.2, 0) is 4.74 Å². The van der Waals surface area contributed by atoms with E-state index in [1.54, 1.807) is 6.07 Å². The largest absolute Gasteiger partial charge is 0.384 e. The number of nitrogens with one attached hydrogen (secondary N) is 1. The molecule has 1 heterocycles. The summed E-state index contributed by atoms with van der Waals surface area (Å²) >= 11 is 0. The molecule has 1 aromatic heterocycles. The molecule has 1 aromatic rings. The monoisotopic (exact) mass is 222 g/mol. The number of aromatic nitrogens is 2. The summed E-state index contributed by atoms with van der Waals surface area (Å²) in [5.74, 6) is 2.02. The molecule has 0 aliphatic heterocycles.